The van der Waals surface area contributed by atoms with Crippen LogP contribution in [0.1, 0.15) is 36.4 Å². The van der Waals surface area contributed by atoms with Crippen molar-refractivity contribution in [1.82, 2.24) is 15.8 Å². The first-order valence-electron chi connectivity index (χ1n) is 10.6. The molecule has 3 atom stereocenters. The molecule has 0 aromatic heterocycles. The summed E-state index contributed by atoms with van der Waals surface area (Å²) >= 11 is 0. The number of hydrogen-bond acceptors (Lipinski definition) is 5. The number of nitrogens with two attached hydrogens (primary N) is 1. The number of carbonyl (C=O) groups is 2. The van der Waals surface area contributed by atoms with Gasteiger partial charge in [0.1, 0.15) is 6.04 Å². The lowest BCUT2D eigenvalue weighted by molar-refractivity contribution is -0.123. The zero-order valence-corrected chi connectivity index (χ0v) is 17.0. The van der Waals surface area contributed by atoms with E-state index in [1.807, 2.05) is 42.5 Å². The van der Waals surface area contributed by atoms with Crippen molar-refractivity contribution in [1.29, 1.82) is 0 Å². The molecule has 7 heteroatoms. The summed E-state index contributed by atoms with van der Waals surface area (Å²) in [5, 5.41) is 2.99. The molecule has 2 aliphatic heterocycles. The highest BCUT2D eigenvalue weighted by molar-refractivity contribution is 5.95. The first-order chi connectivity index (χ1) is 14.6. The first kappa shape index (κ1) is 20.5. The lowest BCUT2D eigenvalue weighted by Gasteiger charge is -2.31. The Kier molecular flexibility index (Phi) is 6.42. The summed E-state index contributed by atoms with van der Waals surface area (Å²) in [6.07, 6.45) is 2.57. The van der Waals surface area contributed by atoms with Gasteiger partial charge in [-0.15, -0.1) is 0 Å². The number of nitrogens with zero attached hydrogens (tertiary/aromatic N) is 1. The monoisotopic (exact) mass is 407 g/mol. The van der Waals surface area contributed by atoms with Gasteiger partial charge >= 0.3 is 0 Å². The Morgan fingerprint density at radius 2 is 1.83 bits per heavy atom. The van der Waals surface area contributed by atoms with Crippen molar-refractivity contribution in [2.45, 2.75) is 37.9 Å². The molecular formula is C23H29N5O2. The largest absolute Gasteiger partial charge is 0.369 e. The molecule has 7 nitrogen and oxygen atoms in total. The zero-order valence-electron chi connectivity index (χ0n) is 17.0. The molecule has 2 aliphatic rings. The van der Waals surface area contributed by atoms with E-state index in [4.69, 9.17) is 5.73 Å². The van der Waals surface area contributed by atoms with Gasteiger partial charge in [0, 0.05) is 24.8 Å². The fourth-order valence-corrected chi connectivity index (χ4v) is 4.24. The summed E-state index contributed by atoms with van der Waals surface area (Å²) in [5.74, 6) is -0.305. The molecule has 0 radical (unpaired) electrons. The van der Waals surface area contributed by atoms with Gasteiger partial charge in [-0.3, -0.25) is 14.5 Å². The van der Waals surface area contributed by atoms with Crippen LogP contribution in [-0.4, -0.2) is 35.8 Å². The SMILES string of the molecule is NC(=O)C1CCCN(Cc2ccc(NC(=O)C3CC(c4ccccc4)NN3)cc2)C1. The summed E-state index contributed by atoms with van der Waals surface area (Å²) in [6.45, 7) is 2.48. The Morgan fingerprint density at radius 1 is 1.07 bits per heavy atom. The maximum Gasteiger partial charge on any atom is 0.242 e. The van der Waals surface area contributed by atoms with Crippen LogP contribution in [0.2, 0.25) is 0 Å². The van der Waals surface area contributed by atoms with E-state index in [1.54, 1.807) is 0 Å². The number of primary amides is 1. The fourth-order valence-electron chi connectivity index (χ4n) is 4.24. The van der Waals surface area contributed by atoms with Gasteiger partial charge in [0.05, 0.1) is 5.92 Å². The Morgan fingerprint density at radius 3 is 2.57 bits per heavy atom. The molecule has 0 saturated carbocycles. The minimum absolute atomic E-state index is 0.0472. The topological polar surface area (TPSA) is 99.5 Å². The third-order valence-corrected chi connectivity index (χ3v) is 5.96. The summed E-state index contributed by atoms with van der Waals surface area (Å²) in [4.78, 5) is 26.4. The molecule has 2 fully saturated rings. The number of amides is 2. The van der Waals surface area contributed by atoms with Crippen molar-refractivity contribution in [2.75, 3.05) is 18.4 Å². The summed E-state index contributed by atoms with van der Waals surface area (Å²) in [5.41, 5.74) is 14.9. The first-order valence-corrected chi connectivity index (χ1v) is 10.6. The number of rotatable bonds is 6. The number of benzene rings is 2. The van der Waals surface area contributed by atoms with Crippen LogP contribution < -0.4 is 21.9 Å². The Hall–Kier alpha value is -2.74. The molecule has 2 aromatic rings. The van der Waals surface area contributed by atoms with Gasteiger partial charge in [-0.05, 0) is 49.1 Å². The predicted molar refractivity (Wildman–Crippen MR) is 116 cm³/mol. The number of carbonyl (C=O) groups excluding carboxylic acids is 2. The third kappa shape index (κ3) is 5.05. The van der Waals surface area contributed by atoms with Crippen molar-refractivity contribution in [2.24, 2.45) is 11.7 Å². The lowest BCUT2D eigenvalue weighted by atomic mass is 9.97. The van der Waals surface area contributed by atoms with Gasteiger partial charge in [0.25, 0.3) is 0 Å². The Balaban J connectivity index is 1.28. The molecule has 30 heavy (non-hydrogen) atoms. The molecule has 0 spiro atoms. The molecular weight excluding hydrogens is 378 g/mol. The smallest absolute Gasteiger partial charge is 0.242 e. The van der Waals surface area contributed by atoms with Crippen molar-refractivity contribution >= 4 is 17.5 Å². The number of piperidine rings is 1. The zero-order chi connectivity index (χ0) is 20.9. The molecule has 4 rings (SSSR count). The molecule has 0 bridgehead atoms. The Bertz CT molecular complexity index is 871. The highest BCUT2D eigenvalue weighted by atomic mass is 16.2. The Labute approximate surface area is 177 Å². The predicted octanol–water partition coefficient (Wildman–Crippen LogP) is 1.93. The average molecular weight is 408 g/mol. The van der Waals surface area contributed by atoms with Crippen molar-refractivity contribution < 1.29 is 9.59 Å². The van der Waals surface area contributed by atoms with Gasteiger partial charge in [-0.2, -0.15) is 0 Å². The van der Waals surface area contributed by atoms with Gasteiger partial charge in [-0.1, -0.05) is 42.5 Å². The second kappa shape index (κ2) is 9.38. The van der Waals surface area contributed by atoms with E-state index in [-0.39, 0.29) is 29.8 Å². The van der Waals surface area contributed by atoms with Crippen molar-refractivity contribution in [3.05, 3.63) is 65.7 Å². The standard InChI is InChI=1S/C23H29N5O2/c24-22(29)18-7-4-12-28(15-18)14-16-8-10-19(11-9-16)25-23(30)21-13-20(26-27-21)17-5-2-1-3-6-17/h1-3,5-6,8-11,18,20-21,26-27H,4,7,12-15H2,(H2,24,29)(H,25,30). The van der Waals surface area contributed by atoms with Gasteiger partial charge < -0.3 is 11.1 Å². The quantitative estimate of drug-likeness (QED) is 0.586. The number of hydrazine groups is 1. The van der Waals surface area contributed by atoms with Crippen LogP contribution in [-0.2, 0) is 16.1 Å². The number of nitrogens with one attached hydrogen (secondary N) is 3. The number of hydrogen-bond donors (Lipinski definition) is 4. The van der Waals surface area contributed by atoms with E-state index in [0.29, 0.717) is 6.42 Å². The molecule has 0 aliphatic carbocycles. The minimum Gasteiger partial charge on any atom is -0.369 e. The van der Waals surface area contributed by atoms with Crippen LogP contribution in [0.5, 0.6) is 0 Å². The highest BCUT2D eigenvalue weighted by Gasteiger charge is 2.30. The van der Waals surface area contributed by atoms with Crippen LogP contribution in [0, 0.1) is 5.92 Å². The van der Waals surface area contributed by atoms with Crippen molar-refractivity contribution in [3.63, 3.8) is 0 Å². The van der Waals surface area contributed by atoms with E-state index < -0.39 is 0 Å². The summed E-state index contributed by atoms with van der Waals surface area (Å²) in [7, 11) is 0. The van der Waals surface area contributed by atoms with Crippen LogP contribution in [0.4, 0.5) is 5.69 Å². The second-order valence-corrected chi connectivity index (χ2v) is 8.20. The van der Waals surface area contributed by atoms with Crippen LogP contribution in [0.25, 0.3) is 0 Å². The normalized spacial score (nSPS) is 24.5. The molecule has 3 unspecified atom stereocenters. The maximum absolute atomic E-state index is 12.6. The van der Waals surface area contributed by atoms with Crippen LogP contribution in [0.15, 0.2) is 54.6 Å². The third-order valence-electron chi connectivity index (χ3n) is 5.96. The molecule has 2 saturated heterocycles. The van der Waals surface area contributed by atoms with Crippen molar-refractivity contribution in [3.8, 4) is 0 Å². The van der Waals surface area contributed by atoms with E-state index >= 15 is 0 Å². The van der Waals surface area contributed by atoms with E-state index in [9.17, 15) is 9.59 Å². The molecule has 2 heterocycles. The highest BCUT2D eigenvalue weighted by Crippen LogP contribution is 2.23. The molecule has 5 N–H and O–H groups in total. The number of likely N-dealkylation sites (tertiary alicyclic amines) is 1. The lowest BCUT2D eigenvalue weighted by Crippen LogP contribution is -2.40. The maximum atomic E-state index is 12.6. The van der Waals surface area contributed by atoms with Crippen LogP contribution >= 0.6 is 0 Å². The van der Waals surface area contributed by atoms with Gasteiger partial charge in [0.2, 0.25) is 11.8 Å². The molecule has 158 valence electrons. The number of anilines is 1. The fraction of sp³-hybridized carbons (Fsp3) is 0.391. The second-order valence-electron chi connectivity index (χ2n) is 8.20. The minimum atomic E-state index is -0.283. The van der Waals surface area contributed by atoms with E-state index in [0.717, 1.165) is 43.7 Å². The van der Waals surface area contributed by atoms with E-state index in [2.05, 4.69) is 33.2 Å². The summed E-state index contributed by atoms with van der Waals surface area (Å²) < 4.78 is 0. The molecule has 2 amide bonds. The summed E-state index contributed by atoms with van der Waals surface area (Å²) in [6, 6.07) is 17.9. The average Bonchev–Trinajstić information content (AvgIpc) is 3.26. The van der Waals surface area contributed by atoms with Crippen LogP contribution in [0.3, 0.4) is 0 Å². The van der Waals surface area contributed by atoms with E-state index in [1.165, 1.54) is 5.56 Å². The van der Waals surface area contributed by atoms with Gasteiger partial charge in [-0.25, -0.2) is 10.9 Å². The van der Waals surface area contributed by atoms with Gasteiger partial charge in [0.15, 0.2) is 0 Å². The molecule has 2 aromatic carbocycles.